The Morgan fingerprint density at radius 2 is 1.55 bits per heavy atom. The minimum absolute atomic E-state index is 0.0117. The fraction of sp³-hybridized carbons (Fsp3) is 0.355. The number of hydrogen-bond acceptors (Lipinski definition) is 4. The van der Waals surface area contributed by atoms with Gasteiger partial charge in [0, 0.05) is 12.6 Å². The molecule has 0 aliphatic carbocycles. The molecule has 0 radical (unpaired) electrons. The van der Waals surface area contributed by atoms with E-state index in [1.54, 1.807) is 49.4 Å². The fourth-order valence-corrected chi connectivity index (χ4v) is 5.70. The van der Waals surface area contributed by atoms with Gasteiger partial charge < -0.3 is 10.2 Å². The average molecular weight is 568 g/mol. The third-order valence-electron chi connectivity index (χ3n) is 6.83. The molecular weight excluding hydrogens is 529 g/mol. The Labute approximate surface area is 237 Å². The Kier molecular flexibility index (Phi) is 10.5. The van der Waals surface area contributed by atoms with Gasteiger partial charge in [-0.2, -0.15) is 0 Å². The van der Waals surface area contributed by atoms with Crippen molar-refractivity contribution >= 4 is 27.5 Å². The zero-order valence-corrected chi connectivity index (χ0v) is 24.5. The van der Waals surface area contributed by atoms with Gasteiger partial charge in [-0.1, -0.05) is 55.8 Å². The lowest BCUT2D eigenvalue weighted by molar-refractivity contribution is -0.140. The molecule has 0 unspecified atom stereocenters. The number of benzene rings is 3. The Morgan fingerprint density at radius 3 is 2.12 bits per heavy atom. The lowest BCUT2D eigenvalue weighted by Gasteiger charge is -2.33. The number of nitrogens with zero attached hydrogens (tertiary/aromatic N) is 2. The molecule has 0 spiro atoms. The first kappa shape index (κ1) is 30.8. The second-order valence-corrected chi connectivity index (χ2v) is 11.9. The van der Waals surface area contributed by atoms with Crippen LogP contribution in [0.3, 0.4) is 0 Å². The van der Waals surface area contributed by atoms with Gasteiger partial charge in [-0.15, -0.1) is 0 Å². The number of carbonyl (C=O) groups is 2. The van der Waals surface area contributed by atoms with Crippen LogP contribution < -0.4 is 9.62 Å². The van der Waals surface area contributed by atoms with Crippen molar-refractivity contribution < 1.29 is 22.4 Å². The Morgan fingerprint density at radius 1 is 0.900 bits per heavy atom. The highest BCUT2D eigenvalue weighted by molar-refractivity contribution is 7.92. The molecule has 3 aromatic rings. The summed E-state index contributed by atoms with van der Waals surface area (Å²) in [7, 11) is -4.13. The molecule has 0 bridgehead atoms. The summed E-state index contributed by atoms with van der Waals surface area (Å²) >= 11 is 0. The zero-order chi connectivity index (χ0) is 29.4. The third-order valence-corrected chi connectivity index (χ3v) is 8.62. The summed E-state index contributed by atoms with van der Waals surface area (Å²) in [5.41, 5.74) is 2.69. The summed E-state index contributed by atoms with van der Waals surface area (Å²) in [5.74, 6) is -1.29. The van der Waals surface area contributed by atoms with Crippen molar-refractivity contribution in [3.05, 3.63) is 95.3 Å². The highest BCUT2D eigenvalue weighted by Crippen LogP contribution is 2.26. The molecule has 0 aromatic heterocycles. The summed E-state index contributed by atoms with van der Waals surface area (Å²) in [6.07, 6.45) is 1.02. The van der Waals surface area contributed by atoms with Crippen molar-refractivity contribution in [2.75, 3.05) is 10.8 Å². The first-order valence-electron chi connectivity index (χ1n) is 13.5. The Balaban J connectivity index is 2.05. The second kappa shape index (κ2) is 13.6. The molecular formula is C31H38FN3O4S. The molecule has 0 heterocycles. The standard InChI is InChI=1S/C31H38FN3O4S/c1-6-24(5)33-31(37)29(7-2)34(20-25-13-15-26(32)16-14-25)30(36)21-35(27-10-8-9-23(4)19-27)40(38,39)28-17-11-22(3)12-18-28/h8-19,24,29H,6-7,20-21H2,1-5H3,(H,33,37)/t24-,29-/m0/s1. The molecule has 3 rings (SSSR count). The fourth-order valence-electron chi connectivity index (χ4n) is 4.30. The average Bonchev–Trinajstić information content (AvgIpc) is 2.92. The van der Waals surface area contributed by atoms with E-state index in [0.717, 1.165) is 15.4 Å². The van der Waals surface area contributed by atoms with Gasteiger partial charge in [-0.05, 0) is 81.1 Å². The minimum atomic E-state index is -4.13. The van der Waals surface area contributed by atoms with Crippen LogP contribution in [0.1, 0.15) is 50.3 Å². The summed E-state index contributed by atoms with van der Waals surface area (Å²) in [5, 5.41) is 2.94. The quantitative estimate of drug-likeness (QED) is 0.319. The number of anilines is 1. The van der Waals surface area contributed by atoms with Gasteiger partial charge in [0.05, 0.1) is 10.6 Å². The number of amides is 2. The van der Waals surface area contributed by atoms with Gasteiger partial charge in [0.15, 0.2) is 0 Å². The monoisotopic (exact) mass is 567 g/mol. The number of halogens is 1. The maximum atomic E-state index is 14.0. The molecule has 214 valence electrons. The maximum Gasteiger partial charge on any atom is 0.264 e. The molecule has 0 saturated heterocycles. The summed E-state index contributed by atoms with van der Waals surface area (Å²) in [6, 6.07) is 18.1. The molecule has 9 heteroatoms. The van der Waals surface area contributed by atoms with E-state index in [1.165, 1.54) is 29.2 Å². The Bertz CT molecular complexity index is 1410. The van der Waals surface area contributed by atoms with Crippen molar-refractivity contribution in [3.8, 4) is 0 Å². The minimum Gasteiger partial charge on any atom is -0.352 e. The van der Waals surface area contributed by atoms with Crippen LogP contribution in [0.2, 0.25) is 0 Å². The topological polar surface area (TPSA) is 86.8 Å². The highest BCUT2D eigenvalue weighted by Gasteiger charge is 2.34. The van der Waals surface area contributed by atoms with E-state index in [9.17, 15) is 22.4 Å². The first-order chi connectivity index (χ1) is 19.0. The number of hydrogen-bond donors (Lipinski definition) is 1. The first-order valence-corrected chi connectivity index (χ1v) is 14.9. The molecule has 2 amide bonds. The maximum absolute atomic E-state index is 14.0. The summed E-state index contributed by atoms with van der Waals surface area (Å²) in [4.78, 5) is 28.8. The van der Waals surface area contributed by atoms with E-state index < -0.39 is 34.3 Å². The van der Waals surface area contributed by atoms with E-state index >= 15 is 0 Å². The lowest BCUT2D eigenvalue weighted by atomic mass is 10.1. The molecule has 1 N–H and O–H groups in total. The summed E-state index contributed by atoms with van der Waals surface area (Å²) < 4.78 is 42.5. The zero-order valence-electron chi connectivity index (χ0n) is 23.7. The van der Waals surface area contributed by atoms with Crippen LogP contribution in [0, 0.1) is 19.7 Å². The predicted molar refractivity (Wildman–Crippen MR) is 156 cm³/mol. The smallest absolute Gasteiger partial charge is 0.264 e. The van der Waals surface area contributed by atoms with Crippen LogP contribution in [0.4, 0.5) is 10.1 Å². The largest absolute Gasteiger partial charge is 0.352 e. The molecule has 0 fully saturated rings. The molecule has 40 heavy (non-hydrogen) atoms. The molecule has 7 nitrogen and oxygen atoms in total. The highest BCUT2D eigenvalue weighted by atomic mass is 32.2. The van der Waals surface area contributed by atoms with E-state index in [0.29, 0.717) is 24.1 Å². The van der Waals surface area contributed by atoms with Crippen molar-refractivity contribution in [2.24, 2.45) is 0 Å². The van der Waals surface area contributed by atoms with Gasteiger partial charge >= 0.3 is 0 Å². The van der Waals surface area contributed by atoms with E-state index in [2.05, 4.69) is 5.32 Å². The molecule has 3 aromatic carbocycles. The van der Waals surface area contributed by atoms with Gasteiger partial charge in [0.1, 0.15) is 18.4 Å². The predicted octanol–water partition coefficient (Wildman–Crippen LogP) is 5.36. The van der Waals surface area contributed by atoms with Crippen LogP contribution in [0.5, 0.6) is 0 Å². The van der Waals surface area contributed by atoms with Crippen molar-refractivity contribution in [1.82, 2.24) is 10.2 Å². The molecule has 0 aliphatic heterocycles. The van der Waals surface area contributed by atoms with Crippen LogP contribution in [-0.2, 0) is 26.2 Å². The SMILES string of the molecule is CC[C@H](C)NC(=O)[C@H](CC)N(Cc1ccc(F)cc1)C(=O)CN(c1cccc(C)c1)S(=O)(=O)c1ccc(C)cc1. The lowest BCUT2D eigenvalue weighted by Crippen LogP contribution is -2.53. The van der Waals surface area contributed by atoms with Gasteiger partial charge in [-0.3, -0.25) is 13.9 Å². The molecule has 0 saturated carbocycles. The van der Waals surface area contributed by atoms with Crippen LogP contribution >= 0.6 is 0 Å². The van der Waals surface area contributed by atoms with Crippen LogP contribution in [0.15, 0.2) is 77.7 Å². The van der Waals surface area contributed by atoms with E-state index in [4.69, 9.17) is 0 Å². The van der Waals surface area contributed by atoms with Crippen LogP contribution in [-0.4, -0.2) is 43.8 Å². The van der Waals surface area contributed by atoms with Gasteiger partial charge in [0.2, 0.25) is 11.8 Å². The molecule has 0 aliphatic rings. The number of sulfonamides is 1. The number of carbonyl (C=O) groups excluding carboxylic acids is 2. The van der Waals surface area contributed by atoms with Crippen molar-refractivity contribution in [2.45, 2.75) is 71.0 Å². The van der Waals surface area contributed by atoms with Crippen molar-refractivity contribution in [3.63, 3.8) is 0 Å². The third kappa shape index (κ3) is 7.69. The van der Waals surface area contributed by atoms with Gasteiger partial charge in [0.25, 0.3) is 10.0 Å². The second-order valence-electron chi connectivity index (χ2n) is 10.1. The van der Waals surface area contributed by atoms with Crippen LogP contribution in [0.25, 0.3) is 0 Å². The summed E-state index contributed by atoms with van der Waals surface area (Å²) in [6.45, 7) is 8.82. The van der Waals surface area contributed by atoms with Gasteiger partial charge in [-0.25, -0.2) is 12.8 Å². The normalized spacial score (nSPS) is 12.8. The Hall–Kier alpha value is -3.72. The number of rotatable bonds is 12. The van der Waals surface area contributed by atoms with Crippen molar-refractivity contribution in [1.29, 1.82) is 0 Å². The van der Waals surface area contributed by atoms with E-state index in [-0.39, 0.29) is 23.4 Å². The van der Waals surface area contributed by atoms with E-state index in [1.807, 2.05) is 33.8 Å². The number of nitrogens with one attached hydrogen (secondary N) is 1. The number of aryl methyl sites for hydroxylation is 2. The molecule has 2 atom stereocenters.